The first-order chi connectivity index (χ1) is 13.9. The summed E-state index contributed by atoms with van der Waals surface area (Å²) < 4.78 is 4.69. The number of methoxy groups -OCH3 is 1. The summed E-state index contributed by atoms with van der Waals surface area (Å²) in [6.45, 7) is 3.65. The second-order valence-electron chi connectivity index (χ2n) is 7.60. The van der Waals surface area contributed by atoms with Crippen LogP contribution in [-0.2, 0) is 9.53 Å². The van der Waals surface area contributed by atoms with Gasteiger partial charge in [-0.05, 0) is 39.0 Å². The summed E-state index contributed by atoms with van der Waals surface area (Å²) in [6.07, 6.45) is 16.3. The third-order valence-electron chi connectivity index (χ3n) is 4.83. The van der Waals surface area contributed by atoms with Crippen LogP contribution in [-0.4, -0.2) is 58.4 Å². The quantitative estimate of drug-likeness (QED) is 0.193. The normalized spacial score (nSPS) is 14.3. The van der Waals surface area contributed by atoms with E-state index < -0.39 is 12.1 Å². The van der Waals surface area contributed by atoms with Crippen LogP contribution in [0.4, 0.5) is 0 Å². The summed E-state index contributed by atoms with van der Waals surface area (Å²) in [5.41, 5.74) is 0. The maximum Gasteiger partial charge on any atom is 0.303 e. The van der Waals surface area contributed by atoms with Crippen LogP contribution in [0.3, 0.4) is 0 Å². The van der Waals surface area contributed by atoms with E-state index in [0.29, 0.717) is 6.42 Å². The molecule has 4 N–H and O–H groups in total. The average Bonchev–Trinajstić information content (AvgIpc) is 2.71. The Morgan fingerprint density at radius 2 is 1.59 bits per heavy atom. The number of aliphatic hydroxyl groups is 3. The molecule has 0 aromatic heterocycles. The van der Waals surface area contributed by atoms with Crippen molar-refractivity contribution in [3.63, 3.8) is 0 Å². The summed E-state index contributed by atoms with van der Waals surface area (Å²) in [5.74, 6) is -0.689. The molecule has 0 heterocycles. The van der Waals surface area contributed by atoms with E-state index in [4.69, 9.17) is 20.1 Å². The lowest BCUT2D eigenvalue weighted by Gasteiger charge is -2.13. The van der Waals surface area contributed by atoms with Crippen molar-refractivity contribution in [2.24, 2.45) is 0 Å². The molecular weight excluding hydrogens is 372 g/mol. The van der Waals surface area contributed by atoms with Crippen LogP contribution in [0.5, 0.6) is 0 Å². The van der Waals surface area contributed by atoms with Gasteiger partial charge in [-0.15, -0.1) is 0 Å². The number of unbranched alkanes of at least 4 members (excludes halogenated alkanes) is 8. The third-order valence-corrected chi connectivity index (χ3v) is 4.83. The summed E-state index contributed by atoms with van der Waals surface area (Å²) in [7, 11) is 1.49. The van der Waals surface area contributed by atoms with Gasteiger partial charge in [0.2, 0.25) is 0 Å². The number of aliphatic carboxylic acids is 1. The van der Waals surface area contributed by atoms with Gasteiger partial charge in [-0.3, -0.25) is 4.79 Å². The Morgan fingerprint density at radius 1 is 0.966 bits per heavy atom. The second-order valence-corrected chi connectivity index (χ2v) is 7.60. The standard InChI is InChI=1S/C18H34O3.C5H12O3/c1-2-3-4-11-14-17(19)15-12-9-7-5-6-8-10-13-16-18(20)21;1-4(8-2)5(7)3-6/h9,12,17,19H,2-8,10-11,13-16H2,1H3,(H,20,21);4-7H,3H2,1-2H3/b12-9-;. The molecule has 0 aliphatic rings. The van der Waals surface area contributed by atoms with Gasteiger partial charge in [0, 0.05) is 13.5 Å². The molecule has 0 bridgehead atoms. The van der Waals surface area contributed by atoms with Gasteiger partial charge in [-0.25, -0.2) is 0 Å². The molecule has 0 saturated carbocycles. The zero-order valence-electron chi connectivity index (χ0n) is 18.9. The Bertz CT molecular complexity index is 364. The highest BCUT2D eigenvalue weighted by molar-refractivity contribution is 5.66. The molecule has 6 nitrogen and oxygen atoms in total. The first-order valence-corrected chi connectivity index (χ1v) is 11.3. The predicted octanol–water partition coefficient (Wildman–Crippen LogP) is 4.45. The van der Waals surface area contributed by atoms with Crippen molar-refractivity contribution in [1.82, 2.24) is 0 Å². The number of carboxylic acids is 1. The topological polar surface area (TPSA) is 107 Å². The number of hydrogen-bond donors (Lipinski definition) is 4. The van der Waals surface area contributed by atoms with Gasteiger partial charge in [0.05, 0.1) is 18.8 Å². The van der Waals surface area contributed by atoms with E-state index in [1.807, 2.05) is 0 Å². The SMILES string of the molecule is CCCCCCC(O)C/C=C\CCCCCCCC(=O)O.COC(C)C(O)CO. The predicted molar refractivity (Wildman–Crippen MR) is 118 cm³/mol. The van der Waals surface area contributed by atoms with E-state index in [2.05, 4.69) is 19.1 Å². The third kappa shape index (κ3) is 25.0. The molecule has 29 heavy (non-hydrogen) atoms. The Kier molecular flexibility index (Phi) is 24.3. The second kappa shape index (κ2) is 23.3. The van der Waals surface area contributed by atoms with Crippen molar-refractivity contribution in [1.29, 1.82) is 0 Å². The molecule has 6 heteroatoms. The molecule has 0 amide bonds. The highest BCUT2D eigenvalue weighted by Gasteiger charge is 2.10. The highest BCUT2D eigenvalue weighted by Crippen LogP contribution is 2.10. The van der Waals surface area contributed by atoms with Gasteiger partial charge in [-0.1, -0.05) is 64.0 Å². The number of carbonyl (C=O) groups is 1. The van der Waals surface area contributed by atoms with E-state index in [0.717, 1.165) is 51.4 Å². The molecule has 0 saturated heterocycles. The van der Waals surface area contributed by atoms with Gasteiger partial charge < -0.3 is 25.2 Å². The van der Waals surface area contributed by atoms with Crippen molar-refractivity contribution in [3.8, 4) is 0 Å². The zero-order chi connectivity index (χ0) is 22.3. The molecule has 3 unspecified atom stereocenters. The Balaban J connectivity index is 0. The van der Waals surface area contributed by atoms with E-state index in [-0.39, 0.29) is 18.8 Å². The summed E-state index contributed by atoms with van der Waals surface area (Å²) in [4.78, 5) is 10.3. The molecule has 3 atom stereocenters. The van der Waals surface area contributed by atoms with Crippen molar-refractivity contribution < 1.29 is 30.0 Å². The van der Waals surface area contributed by atoms with Gasteiger partial charge in [0.25, 0.3) is 0 Å². The monoisotopic (exact) mass is 418 g/mol. The largest absolute Gasteiger partial charge is 0.481 e. The Labute approximate surface area is 178 Å². The molecule has 0 radical (unpaired) electrons. The minimum Gasteiger partial charge on any atom is -0.481 e. The number of ether oxygens (including phenoxy) is 1. The lowest BCUT2D eigenvalue weighted by molar-refractivity contribution is -0.137. The van der Waals surface area contributed by atoms with Crippen LogP contribution < -0.4 is 0 Å². The number of hydrogen-bond acceptors (Lipinski definition) is 5. The Morgan fingerprint density at radius 3 is 2.14 bits per heavy atom. The van der Waals surface area contributed by atoms with Gasteiger partial charge in [0.1, 0.15) is 6.10 Å². The van der Waals surface area contributed by atoms with Crippen LogP contribution in [0.15, 0.2) is 12.2 Å². The molecule has 0 aromatic rings. The van der Waals surface area contributed by atoms with Crippen molar-refractivity contribution in [2.45, 2.75) is 116 Å². The zero-order valence-corrected chi connectivity index (χ0v) is 18.9. The van der Waals surface area contributed by atoms with Crippen LogP contribution in [0.25, 0.3) is 0 Å². The molecule has 0 aromatic carbocycles. The van der Waals surface area contributed by atoms with Gasteiger partial charge in [0.15, 0.2) is 0 Å². The molecule has 0 aliphatic heterocycles. The summed E-state index contributed by atoms with van der Waals surface area (Å²) in [6, 6.07) is 0. The fourth-order valence-electron chi connectivity index (χ4n) is 2.67. The Hall–Kier alpha value is -0.950. The minimum absolute atomic E-state index is 0.172. The maximum atomic E-state index is 10.3. The summed E-state index contributed by atoms with van der Waals surface area (Å²) >= 11 is 0. The van der Waals surface area contributed by atoms with Gasteiger partial charge >= 0.3 is 5.97 Å². The van der Waals surface area contributed by atoms with Crippen LogP contribution >= 0.6 is 0 Å². The average molecular weight is 419 g/mol. The van der Waals surface area contributed by atoms with Crippen LogP contribution in [0, 0.1) is 0 Å². The smallest absolute Gasteiger partial charge is 0.303 e. The highest BCUT2D eigenvalue weighted by atomic mass is 16.5. The van der Waals surface area contributed by atoms with Crippen molar-refractivity contribution >= 4 is 5.97 Å². The molecule has 0 rings (SSSR count). The fraction of sp³-hybridized carbons (Fsp3) is 0.870. The van der Waals surface area contributed by atoms with Crippen molar-refractivity contribution in [2.75, 3.05) is 13.7 Å². The van der Waals surface area contributed by atoms with Crippen LogP contribution in [0.1, 0.15) is 97.3 Å². The first-order valence-electron chi connectivity index (χ1n) is 11.3. The first kappa shape index (κ1) is 30.2. The number of allylic oxidation sites excluding steroid dienone is 1. The molecule has 0 fully saturated rings. The molecular formula is C23H46O6. The number of aliphatic hydroxyl groups excluding tert-OH is 3. The van der Waals surface area contributed by atoms with Gasteiger partial charge in [-0.2, -0.15) is 0 Å². The number of carboxylic acid groups (broad SMARTS) is 1. The van der Waals surface area contributed by atoms with E-state index >= 15 is 0 Å². The summed E-state index contributed by atoms with van der Waals surface area (Å²) in [5, 5.41) is 35.4. The number of rotatable bonds is 18. The lowest BCUT2D eigenvalue weighted by Crippen LogP contribution is -2.27. The van der Waals surface area contributed by atoms with E-state index in [9.17, 15) is 9.90 Å². The maximum absolute atomic E-state index is 10.3. The molecule has 0 spiro atoms. The van der Waals surface area contributed by atoms with E-state index in [1.54, 1.807) is 6.92 Å². The molecule has 174 valence electrons. The van der Waals surface area contributed by atoms with E-state index in [1.165, 1.54) is 32.8 Å². The molecule has 0 aliphatic carbocycles. The lowest BCUT2D eigenvalue weighted by atomic mass is 10.1. The van der Waals surface area contributed by atoms with Crippen LogP contribution in [0.2, 0.25) is 0 Å². The fourth-order valence-corrected chi connectivity index (χ4v) is 2.67. The minimum atomic E-state index is -0.750. The van der Waals surface area contributed by atoms with Crippen molar-refractivity contribution in [3.05, 3.63) is 12.2 Å².